The zero-order chi connectivity index (χ0) is 32.1. The van der Waals surface area contributed by atoms with Crippen LogP contribution in [0.1, 0.15) is 56.5 Å². The van der Waals surface area contributed by atoms with E-state index in [1.54, 1.807) is 17.9 Å². The van der Waals surface area contributed by atoms with Gasteiger partial charge in [0.25, 0.3) is 5.91 Å². The second kappa shape index (κ2) is 13.7. The average molecular weight is 620 g/mol. The molecule has 2 unspecified atom stereocenters. The smallest absolute Gasteiger partial charge is 0.444 e. The molecule has 0 saturated carbocycles. The van der Waals surface area contributed by atoms with Gasteiger partial charge in [-0.05, 0) is 70.2 Å². The molecule has 2 saturated heterocycles. The van der Waals surface area contributed by atoms with Crippen molar-refractivity contribution in [1.82, 2.24) is 15.4 Å². The fourth-order valence-electron chi connectivity index (χ4n) is 5.55. The van der Waals surface area contributed by atoms with E-state index in [9.17, 15) is 14.4 Å². The van der Waals surface area contributed by atoms with Crippen LogP contribution in [0.5, 0.6) is 0 Å². The fourth-order valence-corrected chi connectivity index (χ4v) is 5.55. The summed E-state index contributed by atoms with van der Waals surface area (Å²) in [4.78, 5) is 47.4. The van der Waals surface area contributed by atoms with Crippen molar-refractivity contribution in [3.8, 4) is 0 Å². The molecule has 0 spiro atoms. The molecule has 0 radical (unpaired) electrons. The van der Waals surface area contributed by atoms with Gasteiger partial charge in [0.2, 0.25) is 0 Å². The minimum atomic E-state index is -0.757. The summed E-state index contributed by atoms with van der Waals surface area (Å²) in [5.41, 5.74) is 7.10. The Kier molecular flexibility index (Phi) is 9.79. The van der Waals surface area contributed by atoms with E-state index in [2.05, 4.69) is 29.5 Å². The van der Waals surface area contributed by atoms with E-state index in [4.69, 9.17) is 23.8 Å². The second-order valence-electron chi connectivity index (χ2n) is 12.4. The molecule has 3 aromatic rings. The second-order valence-corrected chi connectivity index (χ2v) is 12.4. The van der Waals surface area contributed by atoms with Gasteiger partial charge in [-0.3, -0.25) is 4.79 Å². The number of aromatic amines is 1. The molecule has 2 aromatic carbocycles. The summed E-state index contributed by atoms with van der Waals surface area (Å²) in [6, 6.07) is 16.1. The largest absolute Gasteiger partial charge is 0.509 e. The number of aryl methyl sites for hydroxylation is 1. The van der Waals surface area contributed by atoms with Crippen LogP contribution in [0.3, 0.4) is 0 Å². The number of hydrogen-bond donors (Lipinski definition) is 2. The summed E-state index contributed by atoms with van der Waals surface area (Å²) in [5.74, 6) is -0.442. The number of hydrogen-bond acceptors (Lipinski definition) is 8. The molecule has 5 rings (SSSR count). The van der Waals surface area contributed by atoms with Crippen LogP contribution in [-0.2, 0) is 48.0 Å². The molecule has 4 atom stereocenters. The quantitative estimate of drug-likeness (QED) is 0.170. The number of rotatable bonds is 10. The van der Waals surface area contributed by atoms with Crippen LogP contribution < -0.4 is 5.48 Å². The van der Waals surface area contributed by atoms with Crippen LogP contribution in [0.15, 0.2) is 60.7 Å². The summed E-state index contributed by atoms with van der Waals surface area (Å²) in [7, 11) is 0. The third kappa shape index (κ3) is 8.43. The number of carbonyl (C=O) groups excluding carboxylic acids is 3. The van der Waals surface area contributed by atoms with E-state index in [-0.39, 0.29) is 12.5 Å². The normalized spacial score (nSPS) is 21.3. The standard InChI is InChI=1S/C34H41N3O8/c1-21-25(26-10-6-7-11-27(26)35-21)17-18-37(32(39)44-34(3,4)5)20-24-15-13-23(14-16-24)9-8-12-29(38)36-45-30-19-28-31(22(2)41-30)43-33(40)42-28/h6-8,10-16,22,28,30-31,35H,9,17-20H2,1-5H3,(H,36,38)/b12-8+/t22-,28?,30-,31?/m0/s1. The van der Waals surface area contributed by atoms with Crippen molar-refractivity contribution in [1.29, 1.82) is 0 Å². The highest BCUT2D eigenvalue weighted by Gasteiger charge is 2.47. The zero-order valence-corrected chi connectivity index (χ0v) is 26.3. The SMILES string of the molecule is Cc1[nH]c2ccccc2c1CCN(Cc1ccc(C/C=C/C(=O)NO[C@H]2CC3OC(=O)OC3[C@H](C)O2)cc1)C(=O)OC(C)(C)C. The first-order valence-corrected chi connectivity index (χ1v) is 15.2. The van der Waals surface area contributed by atoms with Gasteiger partial charge in [-0.25, -0.2) is 19.9 Å². The van der Waals surface area contributed by atoms with Gasteiger partial charge in [0, 0.05) is 42.2 Å². The van der Waals surface area contributed by atoms with Gasteiger partial charge >= 0.3 is 12.2 Å². The fraction of sp³-hybridized carbons (Fsp3) is 0.441. The van der Waals surface area contributed by atoms with Crippen LogP contribution in [0.25, 0.3) is 10.9 Å². The molecule has 1 aromatic heterocycles. The highest BCUT2D eigenvalue weighted by Crippen LogP contribution is 2.30. The van der Waals surface area contributed by atoms with E-state index in [0.29, 0.717) is 25.9 Å². The maximum atomic E-state index is 13.2. The number of benzene rings is 2. The summed E-state index contributed by atoms with van der Waals surface area (Å²) in [6.45, 7) is 10.3. The van der Waals surface area contributed by atoms with Gasteiger partial charge in [0.05, 0.1) is 6.10 Å². The summed E-state index contributed by atoms with van der Waals surface area (Å²) >= 11 is 0. The number of para-hydroxylation sites is 1. The first-order valence-electron chi connectivity index (χ1n) is 15.2. The van der Waals surface area contributed by atoms with E-state index in [1.807, 2.05) is 57.2 Å². The van der Waals surface area contributed by atoms with E-state index in [0.717, 1.165) is 22.3 Å². The summed E-state index contributed by atoms with van der Waals surface area (Å²) < 4.78 is 21.6. The molecule has 2 fully saturated rings. The molecular weight excluding hydrogens is 578 g/mol. The Morgan fingerprint density at radius 1 is 1.09 bits per heavy atom. The van der Waals surface area contributed by atoms with Crippen molar-refractivity contribution >= 4 is 29.1 Å². The molecule has 0 aliphatic carbocycles. The third-order valence-electron chi connectivity index (χ3n) is 7.72. The van der Waals surface area contributed by atoms with Crippen LogP contribution in [0.4, 0.5) is 9.59 Å². The van der Waals surface area contributed by atoms with Crippen LogP contribution >= 0.6 is 0 Å². The van der Waals surface area contributed by atoms with Crippen molar-refractivity contribution in [3.05, 3.63) is 83.1 Å². The Balaban J connectivity index is 1.13. The predicted molar refractivity (Wildman–Crippen MR) is 166 cm³/mol. The molecule has 2 N–H and O–H groups in total. The number of aromatic nitrogens is 1. The first-order chi connectivity index (χ1) is 21.4. The Labute approximate surface area is 262 Å². The van der Waals surface area contributed by atoms with E-state index in [1.165, 1.54) is 17.0 Å². The lowest BCUT2D eigenvalue weighted by molar-refractivity contribution is -0.245. The number of hydroxylamine groups is 1. The van der Waals surface area contributed by atoms with Crippen molar-refractivity contribution in [2.45, 2.75) is 90.6 Å². The number of ether oxygens (including phenoxy) is 4. The molecule has 2 aliphatic rings. The van der Waals surface area contributed by atoms with Crippen LogP contribution in [0.2, 0.25) is 0 Å². The van der Waals surface area contributed by atoms with Gasteiger partial charge in [-0.2, -0.15) is 0 Å². The van der Waals surface area contributed by atoms with Crippen LogP contribution in [0, 0.1) is 6.92 Å². The summed E-state index contributed by atoms with van der Waals surface area (Å²) in [5, 5.41) is 1.17. The monoisotopic (exact) mass is 619 g/mol. The molecule has 0 bridgehead atoms. The van der Waals surface area contributed by atoms with Crippen molar-refractivity contribution in [2.24, 2.45) is 0 Å². The number of fused-ring (bicyclic) bond motifs is 2. The number of carbonyl (C=O) groups is 3. The Hall–Kier alpha value is -4.35. The minimum absolute atomic E-state index is 0.255. The highest BCUT2D eigenvalue weighted by atomic mass is 16.8. The summed E-state index contributed by atoms with van der Waals surface area (Å²) in [6.07, 6.45) is 1.39. The highest BCUT2D eigenvalue weighted by molar-refractivity contribution is 5.86. The first kappa shape index (κ1) is 32.1. The van der Waals surface area contributed by atoms with Gasteiger partial charge in [-0.1, -0.05) is 48.5 Å². The molecular formula is C34H41N3O8. The number of nitrogens with one attached hydrogen (secondary N) is 2. The number of nitrogens with zero attached hydrogens (tertiary/aromatic N) is 1. The Bertz CT molecular complexity index is 1540. The van der Waals surface area contributed by atoms with Gasteiger partial charge in [0.1, 0.15) is 11.7 Å². The number of allylic oxidation sites excluding steroid dienone is 1. The van der Waals surface area contributed by atoms with Gasteiger partial charge in [-0.15, -0.1) is 0 Å². The molecule has 240 valence electrons. The topological polar surface area (TPSA) is 128 Å². The molecule has 11 heteroatoms. The maximum absolute atomic E-state index is 13.2. The molecule has 2 aliphatic heterocycles. The van der Waals surface area contributed by atoms with Crippen molar-refractivity contribution in [3.63, 3.8) is 0 Å². The Morgan fingerprint density at radius 2 is 1.82 bits per heavy atom. The number of amides is 2. The van der Waals surface area contributed by atoms with Crippen LogP contribution in [-0.4, -0.2) is 64.8 Å². The lowest BCUT2D eigenvalue weighted by Gasteiger charge is -2.32. The number of H-pyrrole nitrogens is 1. The Morgan fingerprint density at radius 3 is 2.58 bits per heavy atom. The van der Waals surface area contributed by atoms with Crippen molar-refractivity contribution < 1.29 is 38.2 Å². The third-order valence-corrected chi connectivity index (χ3v) is 7.72. The van der Waals surface area contributed by atoms with Gasteiger partial charge < -0.3 is 28.8 Å². The van der Waals surface area contributed by atoms with E-state index >= 15 is 0 Å². The molecule has 45 heavy (non-hydrogen) atoms. The maximum Gasteiger partial charge on any atom is 0.509 e. The predicted octanol–water partition coefficient (Wildman–Crippen LogP) is 5.64. The zero-order valence-electron chi connectivity index (χ0n) is 26.3. The molecule has 11 nitrogen and oxygen atoms in total. The van der Waals surface area contributed by atoms with Crippen molar-refractivity contribution in [2.75, 3.05) is 6.54 Å². The minimum Gasteiger partial charge on any atom is -0.444 e. The van der Waals surface area contributed by atoms with Gasteiger partial charge in [0.15, 0.2) is 12.4 Å². The van der Waals surface area contributed by atoms with E-state index < -0.39 is 42.3 Å². The molecule has 2 amide bonds. The molecule has 3 heterocycles. The lowest BCUT2D eigenvalue weighted by Crippen LogP contribution is -2.47. The average Bonchev–Trinajstić information content (AvgIpc) is 3.52. The lowest BCUT2D eigenvalue weighted by atomic mass is 10.0.